The van der Waals surface area contributed by atoms with Crippen molar-refractivity contribution >= 4 is 0 Å². The van der Waals surface area contributed by atoms with Crippen molar-refractivity contribution in [1.82, 2.24) is 10.3 Å². The summed E-state index contributed by atoms with van der Waals surface area (Å²) >= 11 is 0. The summed E-state index contributed by atoms with van der Waals surface area (Å²) in [5.74, 6) is 10.8. The maximum absolute atomic E-state index is 6.93. The van der Waals surface area contributed by atoms with Crippen LogP contribution in [-0.4, -0.2) is 50.0 Å². The Morgan fingerprint density at radius 2 is 0.453 bits per heavy atom. The van der Waals surface area contributed by atoms with E-state index in [0.29, 0.717) is 126 Å². The van der Waals surface area contributed by atoms with Crippen LogP contribution in [0.2, 0.25) is 0 Å². The van der Waals surface area contributed by atoms with Crippen LogP contribution in [0.15, 0.2) is 63.6 Å². The second-order valence-corrected chi connectivity index (χ2v) is 40.4. The van der Waals surface area contributed by atoms with Gasteiger partial charge in [0.25, 0.3) is 0 Å². The SMILES string of the molecule is C#Cc1cc(-c2cc(-c3cc(OCCCCCCCCCCCCCCCCCC)c(OCC[C@@H](C)CCCC(C)C)c(OCCCCCCCCCCCCCCCCCC)c3)no2)cc(-c2cc(-c3cc(OCCCCCCCCCCCCCCCCCC)c(OCC[C@@H](C)CCCC(C)C)c(OCCCCCCCCCCCCCCCCCC)c3)no2)c1. The first-order valence-corrected chi connectivity index (χ1v) is 55.7. The zero-order chi connectivity index (χ0) is 91.3. The topological polar surface area (TPSA) is 107 Å². The van der Waals surface area contributed by atoms with Gasteiger partial charge in [-0.15, -0.1) is 6.42 Å². The molecule has 128 heavy (non-hydrogen) atoms. The van der Waals surface area contributed by atoms with Gasteiger partial charge in [-0.2, -0.15) is 0 Å². The van der Waals surface area contributed by atoms with Gasteiger partial charge >= 0.3 is 0 Å². The highest BCUT2D eigenvalue weighted by Crippen LogP contribution is 2.46. The van der Waals surface area contributed by atoms with Crippen molar-refractivity contribution in [2.24, 2.45) is 23.7 Å². The zero-order valence-electron chi connectivity index (χ0n) is 85.4. The lowest BCUT2D eigenvalue weighted by molar-refractivity contribution is 0.225. The number of aromatic nitrogens is 2. The van der Waals surface area contributed by atoms with E-state index in [-0.39, 0.29) is 0 Å². The number of rotatable bonds is 92. The van der Waals surface area contributed by atoms with Gasteiger partial charge in [-0.3, -0.25) is 0 Å². The number of terminal acetylenes is 1. The molecule has 0 unspecified atom stereocenters. The molecule has 0 bridgehead atoms. The van der Waals surface area contributed by atoms with Gasteiger partial charge in [-0.25, -0.2) is 0 Å². The van der Waals surface area contributed by atoms with Crippen molar-refractivity contribution in [2.75, 3.05) is 39.6 Å². The quantitative estimate of drug-likeness (QED) is 0.0276. The molecule has 0 aliphatic heterocycles. The molecule has 0 radical (unpaired) electrons. The Morgan fingerprint density at radius 1 is 0.234 bits per heavy atom. The van der Waals surface area contributed by atoms with Crippen molar-refractivity contribution in [3.05, 3.63) is 60.2 Å². The first-order chi connectivity index (χ1) is 63.0. The Hall–Kier alpha value is -5.56. The number of ether oxygens (including phenoxy) is 6. The van der Waals surface area contributed by atoms with Gasteiger partial charge in [0, 0.05) is 39.9 Å². The zero-order valence-corrected chi connectivity index (χ0v) is 85.4. The normalized spacial score (nSPS) is 12.1. The fraction of sp³-hybridized carbons (Fsp3) is 0.780. The Labute approximate surface area is 790 Å². The van der Waals surface area contributed by atoms with Crippen molar-refractivity contribution in [3.63, 3.8) is 0 Å². The molecule has 5 aromatic rings. The fourth-order valence-corrected chi connectivity index (χ4v) is 18.3. The molecule has 0 saturated heterocycles. The molecule has 0 aliphatic carbocycles. The Kier molecular flexibility index (Phi) is 69.6. The summed E-state index contributed by atoms with van der Waals surface area (Å²) in [6.45, 7) is 26.8. The predicted molar refractivity (Wildman–Crippen MR) is 552 cm³/mol. The van der Waals surface area contributed by atoms with Gasteiger partial charge in [-0.05, 0) is 105 Å². The summed E-state index contributed by atoms with van der Waals surface area (Å²) in [6, 6.07) is 18.5. The minimum Gasteiger partial charge on any atom is -0.490 e. The van der Waals surface area contributed by atoms with Crippen LogP contribution in [0.5, 0.6) is 34.5 Å². The van der Waals surface area contributed by atoms with E-state index >= 15 is 0 Å². The van der Waals surface area contributed by atoms with E-state index in [9.17, 15) is 0 Å². The highest BCUT2D eigenvalue weighted by Gasteiger charge is 2.24. The van der Waals surface area contributed by atoms with Gasteiger partial charge in [0.2, 0.25) is 11.5 Å². The maximum atomic E-state index is 6.93. The summed E-state index contributed by atoms with van der Waals surface area (Å²) in [4.78, 5) is 0. The molecule has 0 fully saturated rings. The molecule has 0 saturated carbocycles. The minimum absolute atomic E-state index is 0.545. The average molecular weight is 1770 g/mol. The van der Waals surface area contributed by atoms with E-state index in [2.05, 4.69) is 105 Å². The van der Waals surface area contributed by atoms with E-state index in [4.69, 9.17) is 54.2 Å². The lowest BCUT2D eigenvalue weighted by Crippen LogP contribution is -2.09. The number of unbranched alkanes of at least 4 members (excludes halogenated alkanes) is 60. The highest BCUT2D eigenvalue weighted by molar-refractivity contribution is 5.77. The number of benzene rings is 3. The van der Waals surface area contributed by atoms with Crippen LogP contribution in [0.3, 0.4) is 0 Å². The molecule has 5 rings (SSSR count). The average Bonchev–Trinajstić information content (AvgIpc) is 1.62. The Morgan fingerprint density at radius 3 is 0.664 bits per heavy atom. The summed E-state index contributed by atoms with van der Waals surface area (Å²) in [5, 5.41) is 9.64. The summed E-state index contributed by atoms with van der Waals surface area (Å²) in [6.07, 6.45) is 101. The van der Waals surface area contributed by atoms with Crippen LogP contribution in [0.4, 0.5) is 0 Å². The first-order valence-electron chi connectivity index (χ1n) is 55.7. The second kappa shape index (κ2) is 78.9. The van der Waals surface area contributed by atoms with Crippen LogP contribution in [0, 0.1) is 36.0 Å². The molecule has 3 aromatic carbocycles. The largest absolute Gasteiger partial charge is 0.490 e. The standard InChI is InChI=1S/C118H200N2O8/c1-12-17-21-25-29-33-37-41-45-49-53-57-61-65-69-73-85-121-113-94-105(95-114(117(113)125-89-83-102(10)81-77-79-100(6)7)122-86-74-70-66-62-58-54-50-46-42-38-34-30-26-22-18-13-2)109-98-111(127-119-109)107-91-104(16-5)92-108(93-107)112-99-110(120-128-112)106-96-115(123-87-75-71-67-63-59-55-51-47-43-39-35-31-27-23-19-14-3)118(126-90-84-103(11)82-78-80-101(8)9)116(97-106)124-88-76-72-68-64-60-56-52-48-44-40-36-32-28-24-20-15-4/h5,91-103H,12-15,17-90H2,1-4,6-11H3/t102-,103-/m0/s1. The lowest BCUT2D eigenvalue weighted by atomic mass is 9.98. The van der Waals surface area contributed by atoms with Crippen LogP contribution < -0.4 is 28.4 Å². The van der Waals surface area contributed by atoms with Crippen molar-refractivity contribution in [1.29, 1.82) is 0 Å². The molecular formula is C118H200N2O8. The maximum Gasteiger partial charge on any atom is 0.203 e. The highest BCUT2D eigenvalue weighted by atomic mass is 16.5. The monoisotopic (exact) mass is 1770 g/mol. The van der Waals surface area contributed by atoms with Gasteiger partial charge in [0.1, 0.15) is 11.4 Å². The third-order valence-electron chi connectivity index (χ3n) is 27.0. The van der Waals surface area contributed by atoms with Gasteiger partial charge in [0.05, 0.1) is 39.6 Å². The van der Waals surface area contributed by atoms with Crippen LogP contribution in [0.25, 0.3) is 45.2 Å². The van der Waals surface area contributed by atoms with Gasteiger partial charge in [-0.1, -0.05) is 509 Å². The number of hydrogen-bond acceptors (Lipinski definition) is 10. The van der Waals surface area contributed by atoms with Crippen LogP contribution in [0.1, 0.15) is 537 Å². The molecule has 2 heterocycles. The van der Waals surface area contributed by atoms with Gasteiger partial charge < -0.3 is 37.5 Å². The molecule has 10 heteroatoms. The third-order valence-corrected chi connectivity index (χ3v) is 27.0. The predicted octanol–water partition coefficient (Wildman–Crippen LogP) is 39.3. The smallest absolute Gasteiger partial charge is 0.203 e. The van der Waals surface area contributed by atoms with E-state index in [1.54, 1.807) is 0 Å². The molecule has 0 N–H and O–H groups in total. The molecule has 2 aromatic heterocycles. The minimum atomic E-state index is 0.545. The summed E-state index contributed by atoms with van der Waals surface area (Å²) in [5.41, 5.74) is 5.27. The first kappa shape index (κ1) is 113. The number of hydrogen-bond donors (Lipinski definition) is 0. The van der Waals surface area contributed by atoms with E-state index in [1.807, 2.05) is 24.3 Å². The third kappa shape index (κ3) is 56.5. The Bertz CT molecular complexity index is 3060. The number of nitrogens with zero attached hydrogens (tertiary/aromatic N) is 2. The van der Waals surface area contributed by atoms with E-state index in [1.165, 1.54) is 398 Å². The summed E-state index contributed by atoms with van der Waals surface area (Å²) in [7, 11) is 0. The molecule has 2 atom stereocenters. The van der Waals surface area contributed by atoms with Crippen LogP contribution >= 0.6 is 0 Å². The molecule has 0 spiro atoms. The molecular weight excluding hydrogens is 1570 g/mol. The van der Waals surface area contributed by atoms with Gasteiger partial charge in [0.15, 0.2) is 34.5 Å². The Balaban J connectivity index is 1.39. The second-order valence-electron chi connectivity index (χ2n) is 40.4. The fourth-order valence-electron chi connectivity index (χ4n) is 18.3. The van der Waals surface area contributed by atoms with Crippen LogP contribution in [-0.2, 0) is 0 Å². The molecule has 730 valence electrons. The lowest BCUT2D eigenvalue weighted by Gasteiger charge is -2.19. The van der Waals surface area contributed by atoms with Crippen molar-refractivity contribution in [3.8, 4) is 92.0 Å². The van der Waals surface area contributed by atoms with E-state index < -0.39 is 0 Å². The summed E-state index contributed by atoms with van der Waals surface area (Å²) < 4.78 is 54.3. The van der Waals surface area contributed by atoms with E-state index in [0.717, 1.165) is 86.5 Å². The molecule has 0 aliphatic rings. The van der Waals surface area contributed by atoms with Crippen molar-refractivity contribution in [2.45, 2.75) is 532 Å². The van der Waals surface area contributed by atoms with Crippen molar-refractivity contribution < 1.29 is 37.5 Å². The molecule has 10 nitrogen and oxygen atoms in total. The molecule has 0 amide bonds.